The van der Waals surface area contributed by atoms with E-state index in [1.165, 1.54) is 5.56 Å². The lowest BCUT2D eigenvalue weighted by atomic mass is 9.82. The summed E-state index contributed by atoms with van der Waals surface area (Å²) in [5.74, 6) is -0.314. The number of nitrogens with one attached hydrogen (secondary N) is 1. The minimum absolute atomic E-state index is 0.126. The Labute approximate surface area is 207 Å². The van der Waals surface area contributed by atoms with Gasteiger partial charge in [-0.2, -0.15) is 0 Å². The molecule has 0 aliphatic rings. The van der Waals surface area contributed by atoms with Gasteiger partial charge in [0.25, 0.3) is 0 Å². The van der Waals surface area contributed by atoms with Gasteiger partial charge in [0.05, 0.1) is 18.2 Å². The van der Waals surface area contributed by atoms with Gasteiger partial charge in [0.15, 0.2) is 0 Å². The van der Waals surface area contributed by atoms with Crippen molar-refractivity contribution in [1.82, 2.24) is 5.32 Å². The van der Waals surface area contributed by atoms with Gasteiger partial charge in [-0.05, 0) is 34.7 Å². The Balaban J connectivity index is 1.66. The normalized spacial score (nSPS) is 13.3. The van der Waals surface area contributed by atoms with Crippen LogP contribution in [0.2, 0.25) is 0 Å². The van der Waals surface area contributed by atoms with E-state index in [1.807, 2.05) is 91.0 Å². The van der Waals surface area contributed by atoms with Crippen LogP contribution >= 0.6 is 0 Å². The summed E-state index contributed by atoms with van der Waals surface area (Å²) in [7, 11) is -3.92. The van der Waals surface area contributed by atoms with Crippen molar-refractivity contribution in [3.05, 3.63) is 138 Å². The highest BCUT2D eigenvalue weighted by molar-refractivity contribution is 7.89. The predicted octanol–water partition coefficient (Wildman–Crippen LogP) is 5.01. The van der Waals surface area contributed by atoms with E-state index in [-0.39, 0.29) is 16.9 Å². The Morgan fingerprint density at radius 2 is 1.26 bits per heavy atom. The molecule has 4 rings (SSSR count). The molecule has 4 aromatic rings. The smallest absolute Gasteiger partial charge is 0.238 e. The van der Waals surface area contributed by atoms with Gasteiger partial charge in [0.1, 0.15) is 0 Å². The highest BCUT2D eigenvalue weighted by atomic mass is 32.2. The maximum atomic E-state index is 12.5. The summed E-state index contributed by atoms with van der Waals surface area (Å²) in [6.45, 7) is 0.884. The summed E-state index contributed by atoms with van der Waals surface area (Å²) in [5.41, 5.74) is 3.87. The van der Waals surface area contributed by atoms with Crippen LogP contribution in [0, 0.1) is 0 Å². The van der Waals surface area contributed by atoms with E-state index in [9.17, 15) is 8.42 Å². The molecule has 0 amide bonds. The largest absolute Gasteiger partial charge is 0.366 e. The van der Waals surface area contributed by atoms with E-state index in [4.69, 9.17) is 9.88 Å². The van der Waals surface area contributed by atoms with Crippen LogP contribution in [0.4, 0.5) is 0 Å². The number of ether oxygens (including phenoxy) is 1. The molecule has 0 heterocycles. The second-order valence-corrected chi connectivity index (χ2v) is 9.88. The molecular weight excluding hydrogens is 456 g/mol. The van der Waals surface area contributed by atoms with Crippen LogP contribution in [0.25, 0.3) is 0 Å². The molecule has 0 fully saturated rings. The summed E-state index contributed by atoms with van der Waals surface area (Å²) < 4.78 is 31.0. The average molecular weight is 487 g/mol. The molecule has 2 atom stereocenters. The Morgan fingerprint density at radius 3 is 1.89 bits per heavy atom. The van der Waals surface area contributed by atoms with E-state index in [0.29, 0.717) is 18.9 Å². The maximum Gasteiger partial charge on any atom is 0.238 e. The number of rotatable bonds is 11. The molecule has 0 saturated heterocycles. The molecule has 0 aliphatic carbocycles. The lowest BCUT2D eigenvalue weighted by Crippen LogP contribution is -2.31. The Morgan fingerprint density at radius 1 is 0.714 bits per heavy atom. The number of hydrogen-bond acceptors (Lipinski definition) is 4. The molecule has 35 heavy (non-hydrogen) atoms. The Kier molecular flexibility index (Phi) is 8.45. The SMILES string of the molecule is NS(=O)(=O)c1ccccc1C(c1ccccc1)C(NCOCCc1ccccc1)c1ccccc1. The molecule has 0 saturated carbocycles. The number of benzene rings is 4. The fourth-order valence-electron chi connectivity index (χ4n) is 4.35. The van der Waals surface area contributed by atoms with E-state index in [2.05, 4.69) is 17.4 Å². The van der Waals surface area contributed by atoms with Gasteiger partial charge in [-0.1, -0.05) is 109 Å². The third-order valence-electron chi connectivity index (χ3n) is 5.99. The van der Waals surface area contributed by atoms with Crippen molar-refractivity contribution in [2.24, 2.45) is 5.14 Å². The monoisotopic (exact) mass is 486 g/mol. The van der Waals surface area contributed by atoms with Crippen LogP contribution in [0.1, 0.15) is 34.2 Å². The molecule has 0 radical (unpaired) electrons. The summed E-state index contributed by atoms with van der Waals surface area (Å²) >= 11 is 0. The third kappa shape index (κ3) is 6.65. The highest BCUT2D eigenvalue weighted by Crippen LogP contribution is 2.39. The van der Waals surface area contributed by atoms with Crippen molar-refractivity contribution >= 4 is 10.0 Å². The van der Waals surface area contributed by atoms with Gasteiger partial charge in [0.2, 0.25) is 10.0 Å². The van der Waals surface area contributed by atoms with Gasteiger partial charge in [-0.3, -0.25) is 5.32 Å². The van der Waals surface area contributed by atoms with Gasteiger partial charge in [-0.15, -0.1) is 0 Å². The lowest BCUT2D eigenvalue weighted by molar-refractivity contribution is 0.108. The fourth-order valence-corrected chi connectivity index (χ4v) is 5.14. The highest BCUT2D eigenvalue weighted by Gasteiger charge is 2.30. The average Bonchev–Trinajstić information content (AvgIpc) is 2.89. The lowest BCUT2D eigenvalue weighted by Gasteiger charge is -2.31. The van der Waals surface area contributed by atoms with Crippen molar-refractivity contribution in [3.63, 3.8) is 0 Å². The van der Waals surface area contributed by atoms with Gasteiger partial charge >= 0.3 is 0 Å². The summed E-state index contributed by atoms with van der Waals surface area (Å²) in [6.07, 6.45) is 0.814. The summed E-state index contributed by atoms with van der Waals surface area (Å²) in [5, 5.41) is 9.17. The van der Waals surface area contributed by atoms with Crippen molar-refractivity contribution in [1.29, 1.82) is 0 Å². The van der Waals surface area contributed by atoms with E-state index >= 15 is 0 Å². The van der Waals surface area contributed by atoms with Crippen molar-refractivity contribution in [2.75, 3.05) is 13.3 Å². The first-order chi connectivity index (χ1) is 17.0. The predicted molar refractivity (Wildman–Crippen MR) is 139 cm³/mol. The number of nitrogens with two attached hydrogens (primary N) is 1. The minimum atomic E-state index is -3.92. The molecule has 0 aromatic heterocycles. The third-order valence-corrected chi connectivity index (χ3v) is 6.98. The van der Waals surface area contributed by atoms with Crippen LogP contribution in [-0.4, -0.2) is 21.8 Å². The maximum absolute atomic E-state index is 12.5. The Hall–Kier alpha value is -3.29. The van der Waals surface area contributed by atoms with Crippen LogP contribution in [0.5, 0.6) is 0 Å². The topological polar surface area (TPSA) is 81.4 Å². The minimum Gasteiger partial charge on any atom is -0.366 e. The molecule has 0 aliphatic heterocycles. The summed E-state index contributed by atoms with van der Waals surface area (Å²) in [4.78, 5) is 0.126. The molecule has 4 aromatic carbocycles. The van der Waals surface area contributed by atoms with Crippen LogP contribution in [0.3, 0.4) is 0 Å². The zero-order valence-electron chi connectivity index (χ0n) is 19.5. The van der Waals surface area contributed by atoms with Gasteiger partial charge in [0, 0.05) is 12.0 Å². The second-order valence-electron chi connectivity index (χ2n) is 8.35. The van der Waals surface area contributed by atoms with E-state index < -0.39 is 10.0 Å². The zero-order valence-corrected chi connectivity index (χ0v) is 20.3. The first kappa shape index (κ1) is 24.8. The number of primary sulfonamides is 1. The summed E-state index contributed by atoms with van der Waals surface area (Å²) in [6, 6.07) is 36.8. The first-order valence-electron chi connectivity index (χ1n) is 11.6. The van der Waals surface area contributed by atoms with Gasteiger partial charge in [-0.25, -0.2) is 13.6 Å². The zero-order chi connectivity index (χ0) is 24.5. The van der Waals surface area contributed by atoms with Crippen LogP contribution in [0.15, 0.2) is 120 Å². The quantitative estimate of drug-likeness (QED) is 0.231. The number of hydrogen-bond donors (Lipinski definition) is 2. The fraction of sp³-hybridized carbons (Fsp3) is 0.172. The molecule has 180 valence electrons. The number of sulfonamides is 1. The molecule has 6 heteroatoms. The van der Waals surface area contributed by atoms with Gasteiger partial charge < -0.3 is 4.74 Å². The van der Waals surface area contributed by atoms with E-state index in [1.54, 1.807) is 12.1 Å². The van der Waals surface area contributed by atoms with E-state index in [0.717, 1.165) is 17.5 Å². The molecule has 0 bridgehead atoms. The molecule has 0 spiro atoms. The van der Waals surface area contributed by atoms with Crippen LogP contribution in [-0.2, 0) is 21.2 Å². The Bertz CT molecular complexity index is 1300. The molecule has 3 N–H and O–H groups in total. The molecule has 5 nitrogen and oxygen atoms in total. The van der Waals surface area contributed by atoms with Crippen molar-refractivity contribution < 1.29 is 13.2 Å². The molecule has 2 unspecified atom stereocenters. The second kappa shape index (κ2) is 11.9. The van der Waals surface area contributed by atoms with Crippen LogP contribution < -0.4 is 10.5 Å². The molecular formula is C29H30N2O3S. The van der Waals surface area contributed by atoms with Crippen molar-refractivity contribution in [2.45, 2.75) is 23.3 Å². The standard InChI is InChI=1S/C29H30N2O3S/c30-35(32,33)27-19-11-10-18-26(27)28(24-14-6-2-7-15-24)29(25-16-8-3-9-17-25)31-22-34-21-20-23-12-4-1-5-13-23/h1-19,28-29,31H,20-22H2,(H2,30,32,33). The first-order valence-corrected chi connectivity index (χ1v) is 13.2. The van der Waals surface area contributed by atoms with Crippen molar-refractivity contribution in [3.8, 4) is 0 Å².